The van der Waals surface area contributed by atoms with E-state index < -0.39 is 0 Å². The van der Waals surface area contributed by atoms with Gasteiger partial charge in [0, 0.05) is 42.9 Å². The average molecular weight is 367 g/mol. The second-order valence-corrected chi connectivity index (χ2v) is 7.11. The molecular weight excluding hydrogens is 336 g/mol. The van der Waals surface area contributed by atoms with Crippen LogP contribution in [0.15, 0.2) is 42.7 Å². The van der Waals surface area contributed by atoms with E-state index in [0.29, 0.717) is 11.6 Å². The monoisotopic (exact) mass is 366 g/mol. The molecule has 1 saturated carbocycles. The maximum atomic E-state index is 12.6. The van der Waals surface area contributed by atoms with Crippen molar-refractivity contribution in [2.45, 2.75) is 52.0 Å². The van der Waals surface area contributed by atoms with Gasteiger partial charge in [0.05, 0.1) is 11.3 Å². The molecule has 5 heteroatoms. The second-order valence-electron chi connectivity index (χ2n) is 7.11. The minimum Gasteiger partial charge on any atom is -0.381 e. The third-order valence-electron chi connectivity index (χ3n) is 5.23. The van der Waals surface area contributed by atoms with Crippen molar-refractivity contribution in [2.24, 2.45) is 0 Å². The minimum atomic E-state index is -0.134. The van der Waals surface area contributed by atoms with Crippen molar-refractivity contribution >= 4 is 23.0 Å². The summed E-state index contributed by atoms with van der Waals surface area (Å²) in [7, 11) is 0. The fourth-order valence-corrected chi connectivity index (χ4v) is 3.67. The number of amides is 1. The highest BCUT2D eigenvalue weighted by molar-refractivity contribution is 6.04. The number of hydrogen-bond donors (Lipinski definition) is 2. The number of anilines is 3. The van der Waals surface area contributed by atoms with Crippen LogP contribution in [0.1, 0.15) is 56.3 Å². The van der Waals surface area contributed by atoms with Crippen molar-refractivity contribution in [3.05, 3.63) is 48.3 Å². The SMILES string of the molecule is CCN(CC)c1ccc(NC(=O)c2cncc(NC3CCCCC3)c2)cc1. The molecule has 3 rings (SSSR count). The Bertz CT molecular complexity index is 734. The fourth-order valence-electron chi connectivity index (χ4n) is 3.67. The lowest BCUT2D eigenvalue weighted by atomic mass is 9.95. The normalized spacial score (nSPS) is 14.6. The van der Waals surface area contributed by atoms with E-state index in [9.17, 15) is 4.79 Å². The summed E-state index contributed by atoms with van der Waals surface area (Å²) >= 11 is 0. The van der Waals surface area contributed by atoms with Crippen LogP contribution in [0.5, 0.6) is 0 Å². The van der Waals surface area contributed by atoms with Gasteiger partial charge in [-0.15, -0.1) is 0 Å². The Morgan fingerprint density at radius 1 is 1.04 bits per heavy atom. The summed E-state index contributed by atoms with van der Waals surface area (Å²) in [6.07, 6.45) is 9.66. The quantitative estimate of drug-likeness (QED) is 0.730. The highest BCUT2D eigenvalue weighted by atomic mass is 16.1. The molecular formula is C22H30N4O. The van der Waals surface area contributed by atoms with Gasteiger partial charge in [0.1, 0.15) is 0 Å². The lowest BCUT2D eigenvalue weighted by molar-refractivity contribution is 0.102. The van der Waals surface area contributed by atoms with Gasteiger partial charge in [0.15, 0.2) is 0 Å². The number of aromatic nitrogens is 1. The Morgan fingerprint density at radius 2 is 1.74 bits per heavy atom. The highest BCUT2D eigenvalue weighted by Crippen LogP contribution is 2.22. The van der Waals surface area contributed by atoms with Gasteiger partial charge in [-0.25, -0.2) is 0 Å². The first-order chi connectivity index (χ1) is 13.2. The lowest BCUT2D eigenvalue weighted by Gasteiger charge is -2.23. The predicted molar refractivity (Wildman–Crippen MR) is 113 cm³/mol. The Balaban J connectivity index is 1.62. The number of nitrogens with zero attached hydrogens (tertiary/aromatic N) is 2. The van der Waals surface area contributed by atoms with Crippen molar-refractivity contribution < 1.29 is 4.79 Å². The summed E-state index contributed by atoms with van der Waals surface area (Å²) in [6, 6.07) is 10.4. The first-order valence-corrected chi connectivity index (χ1v) is 10.1. The minimum absolute atomic E-state index is 0.134. The molecule has 0 saturated heterocycles. The van der Waals surface area contributed by atoms with Gasteiger partial charge < -0.3 is 15.5 Å². The molecule has 1 fully saturated rings. The second kappa shape index (κ2) is 9.40. The van der Waals surface area contributed by atoms with Crippen LogP contribution in [0.25, 0.3) is 0 Å². The van der Waals surface area contributed by atoms with E-state index in [0.717, 1.165) is 24.5 Å². The average Bonchev–Trinajstić information content (AvgIpc) is 2.71. The molecule has 2 aromatic rings. The lowest BCUT2D eigenvalue weighted by Crippen LogP contribution is -2.22. The van der Waals surface area contributed by atoms with E-state index in [1.165, 1.54) is 37.8 Å². The molecule has 1 aromatic heterocycles. The molecule has 1 heterocycles. The summed E-state index contributed by atoms with van der Waals surface area (Å²) in [5.74, 6) is -0.134. The fraction of sp³-hybridized carbons (Fsp3) is 0.455. The molecule has 144 valence electrons. The summed E-state index contributed by atoms with van der Waals surface area (Å²) in [5, 5.41) is 6.49. The van der Waals surface area contributed by atoms with Gasteiger partial charge in [-0.3, -0.25) is 9.78 Å². The highest BCUT2D eigenvalue weighted by Gasteiger charge is 2.14. The largest absolute Gasteiger partial charge is 0.381 e. The van der Waals surface area contributed by atoms with Crippen molar-refractivity contribution in [1.29, 1.82) is 0 Å². The molecule has 1 aliphatic carbocycles. The number of rotatable bonds is 7. The summed E-state index contributed by atoms with van der Waals surface area (Å²) in [4.78, 5) is 19.1. The van der Waals surface area contributed by atoms with Crippen molar-refractivity contribution in [3.63, 3.8) is 0 Å². The van der Waals surface area contributed by atoms with Crippen LogP contribution in [0.2, 0.25) is 0 Å². The molecule has 0 atom stereocenters. The van der Waals surface area contributed by atoms with Gasteiger partial charge in [-0.05, 0) is 57.0 Å². The Morgan fingerprint density at radius 3 is 2.41 bits per heavy atom. The zero-order valence-electron chi connectivity index (χ0n) is 16.4. The molecule has 0 bridgehead atoms. The first kappa shape index (κ1) is 19.2. The van der Waals surface area contributed by atoms with Crippen molar-refractivity contribution in [1.82, 2.24) is 4.98 Å². The van der Waals surface area contributed by atoms with E-state index in [4.69, 9.17) is 0 Å². The molecule has 0 spiro atoms. The van der Waals surface area contributed by atoms with Crippen molar-refractivity contribution in [3.8, 4) is 0 Å². The Kier molecular flexibility index (Phi) is 6.69. The molecule has 0 radical (unpaired) electrons. The predicted octanol–water partition coefficient (Wildman–Crippen LogP) is 4.92. The molecule has 1 aliphatic rings. The van der Waals surface area contributed by atoms with E-state index in [-0.39, 0.29) is 5.91 Å². The van der Waals surface area contributed by atoms with E-state index in [1.807, 2.05) is 30.3 Å². The van der Waals surface area contributed by atoms with Crippen LogP contribution < -0.4 is 15.5 Å². The summed E-state index contributed by atoms with van der Waals surface area (Å²) in [6.45, 7) is 6.21. The molecule has 1 amide bonds. The molecule has 1 aromatic carbocycles. The van der Waals surface area contributed by atoms with Crippen LogP contribution in [0.3, 0.4) is 0 Å². The third kappa shape index (κ3) is 5.22. The van der Waals surface area contributed by atoms with Gasteiger partial charge in [-0.2, -0.15) is 0 Å². The topological polar surface area (TPSA) is 57.3 Å². The van der Waals surface area contributed by atoms with E-state index in [1.54, 1.807) is 12.4 Å². The smallest absolute Gasteiger partial charge is 0.257 e. The molecule has 0 aliphatic heterocycles. The van der Waals surface area contributed by atoms with Crippen LogP contribution in [0.4, 0.5) is 17.1 Å². The van der Waals surface area contributed by atoms with Crippen LogP contribution in [0, 0.1) is 0 Å². The van der Waals surface area contributed by atoms with Crippen molar-refractivity contribution in [2.75, 3.05) is 28.6 Å². The van der Waals surface area contributed by atoms with Crippen LogP contribution in [-0.2, 0) is 0 Å². The van der Waals surface area contributed by atoms with Gasteiger partial charge in [0.2, 0.25) is 0 Å². The number of benzene rings is 1. The van der Waals surface area contributed by atoms with E-state index in [2.05, 4.69) is 34.4 Å². The zero-order chi connectivity index (χ0) is 19.1. The summed E-state index contributed by atoms with van der Waals surface area (Å²) in [5.41, 5.74) is 3.45. The molecule has 2 N–H and O–H groups in total. The number of carbonyl (C=O) groups excluding carboxylic acids is 1. The Labute approximate surface area is 162 Å². The van der Waals surface area contributed by atoms with Crippen LogP contribution in [-0.4, -0.2) is 30.0 Å². The van der Waals surface area contributed by atoms with Crippen LogP contribution >= 0.6 is 0 Å². The van der Waals surface area contributed by atoms with Gasteiger partial charge in [-0.1, -0.05) is 19.3 Å². The first-order valence-electron chi connectivity index (χ1n) is 10.1. The number of nitrogens with one attached hydrogen (secondary N) is 2. The molecule has 5 nitrogen and oxygen atoms in total. The number of hydrogen-bond acceptors (Lipinski definition) is 4. The summed E-state index contributed by atoms with van der Waals surface area (Å²) < 4.78 is 0. The van der Waals surface area contributed by atoms with E-state index >= 15 is 0 Å². The maximum Gasteiger partial charge on any atom is 0.257 e. The van der Waals surface area contributed by atoms with Gasteiger partial charge >= 0.3 is 0 Å². The zero-order valence-corrected chi connectivity index (χ0v) is 16.4. The molecule has 0 unspecified atom stereocenters. The third-order valence-corrected chi connectivity index (χ3v) is 5.23. The number of pyridine rings is 1. The Hall–Kier alpha value is -2.56. The molecule has 27 heavy (non-hydrogen) atoms. The standard InChI is InChI=1S/C22H30N4O/c1-3-26(4-2)21-12-10-19(11-13-21)25-22(27)17-14-20(16-23-15-17)24-18-8-6-5-7-9-18/h10-16,18,24H,3-9H2,1-2H3,(H,25,27). The number of carbonyl (C=O) groups is 1. The maximum absolute atomic E-state index is 12.6. The van der Waals surface area contributed by atoms with Gasteiger partial charge in [0.25, 0.3) is 5.91 Å².